The molecule has 5 heteroatoms. The van der Waals surface area contributed by atoms with Gasteiger partial charge < -0.3 is 4.57 Å². The second-order valence-electron chi connectivity index (χ2n) is 5.79. The van der Waals surface area contributed by atoms with Crippen molar-refractivity contribution in [1.82, 2.24) is 14.3 Å². The van der Waals surface area contributed by atoms with E-state index in [-0.39, 0.29) is 5.56 Å². The Hall–Kier alpha value is -2.69. The molecule has 2 aromatic heterocycles. The highest BCUT2D eigenvalue weighted by atomic mass is 19.1. The van der Waals surface area contributed by atoms with Gasteiger partial charge in [0.25, 0.3) is 5.56 Å². The molecule has 0 atom stereocenters. The van der Waals surface area contributed by atoms with Crippen molar-refractivity contribution in [1.29, 1.82) is 0 Å². The predicted octanol–water partition coefficient (Wildman–Crippen LogP) is 2.71. The normalized spacial score (nSPS) is 13.3. The summed E-state index contributed by atoms with van der Waals surface area (Å²) in [5.41, 5.74) is 4.06. The average Bonchev–Trinajstić information content (AvgIpc) is 3.15. The van der Waals surface area contributed by atoms with E-state index >= 15 is 0 Å². The van der Waals surface area contributed by atoms with Crippen molar-refractivity contribution < 1.29 is 4.39 Å². The van der Waals surface area contributed by atoms with Gasteiger partial charge in [-0.2, -0.15) is 5.10 Å². The third kappa shape index (κ3) is 2.48. The van der Waals surface area contributed by atoms with E-state index in [1.807, 2.05) is 35.0 Å². The molecular formula is C18H16FN3O. The summed E-state index contributed by atoms with van der Waals surface area (Å²) in [5.74, 6) is -0.413. The molecule has 1 aromatic carbocycles. The average molecular weight is 309 g/mol. The van der Waals surface area contributed by atoms with E-state index in [4.69, 9.17) is 5.10 Å². The molecule has 116 valence electrons. The second kappa shape index (κ2) is 5.50. The molecule has 0 fully saturated rings. The Morgan fingerprint density at radius 1 is 1.09 bits per heavy atom. The van der Waals surface area contributed by atoms with Crippen LogP contribution in [0.25, 0.3) is 5.69 Å². The Morgan fingerprint density at radius 3 is 2.74 bits per heavy atom. The fourth-order valence-corrected chi connectivity index (χ4v) is 3.21. The highest BCUT2D eigenvalue weighted by Crippen LogP contribution is 2.28. The van der Waals surface area contributed by atoms with Crippen LogP contribution >= 0.6 is 0 Å². The Bertz CT molecular complexity index is 912. The Kier molecular flexibility index (Phi) is 3.33. The number of rotatable bonds is 3. The monoisotopic (exact) mass is 309 g/mol. The summed E-state index contributed by atoms with van der Waals surface area (Å²) in [6.07, 6.45) is 4.27. The van der Waals surface area contributed by atoms with Crippen molar-refractivity contribution >= 4 is 0 Å². The number of benzene rings is 1. The summed E-state index contributed by atoms with van der Waals surface area (Å²) in [7, 11) is 0. The molecule has 0 amide bonds. The van der Waals surface area contributed by atoms with E-state index in [0.717, 1.165) is 30.6 Å². The van der Waals surface area contributed by atoms with Gasteiger partial charge in [-0.3, -0.25) is 4.79 Å². The predicted molar refractivity (Wildman–Crippen MR) is 85.4 cm³/mol. The first kappa shape index (κ1) is 13.9. The van der Waals surface area contributed by atoms with Crippen molar-refractivity contribution in [3.8, 4) is 5.69 Å². The van der Waals surface area contributed by atoms with Gasteiger partial charge in [-0.05, 0) is 43.0 Å². The molecule has 4 rings (SSSR count). The Labute approximate surface area is 132 Å². The second-order valence-corrected chi connectivity index (χ2v) is 5.79. The van der Waals surface area contributed by atoms with Gasteiger partial charge in [0.15, 0.2) is 0 Å². The first-order valence-corrected chi connectivity index (χ1v) is 7.73. The summed E-state index contributed by atoms with van der Waals surface area (Å²) < 4.78 is 16.7. The fourth-order valence-electron chi connectivity index (χ4n) is 3.21. The van der Waals surface area contributed by atoms with Crippen molar-refractivity contribution in [3.63, 3.8) is 0 Å². The summed E-state index contributed by atoms with van der Waals surface area (Å²) in [4.78, 5) is 11.9. The maximum Gasteiger partial charge on any atom is 0.251 e. The molecule has 0 radical (unpaired) electrons. The van der Waals surface area contributed by atoms with Crippen LogP contribution in [0.1, 0.15) is 23.4 Å². The standard InChI is InChI=1S/C18H16FN3O/c19-13-9-10-18(23)21(11-13)12-16-15-7-4-8-17(15)22(20-16)14-5-2-1-3-6-14/h1-3,5-6,9-11H,4,7-8,12H2. The third-order valence-corrected chi connectivity index (χ3v) is 4.28. The molecule has 0 unspecified atom stereocenters. The molecule has 0 N–H and O–H groups in total. The molecule has 0 saturated heterocycles. The minimum absolute atomic E-state index is 0.215. The molecule has 2 heterocycles. The zero-order valence-electron chi connectivity index (χ0n) is 12.6. The van der Waals surface area contributed by atoms with Crippen LogP contribution in [-0.4, -0.2) is 14.3 Å². The number of hydrogen-bond donors (Lipinski definition) is 0. The topological polar surface area (TPSA) is 39.8 Å². The summed E-state index contributed by atoms with van der Waals surface area (Å²) in [5, 5.41) is 4.70. The van der Waals surface area contributed by atoms with Gasteiger partial charge in [0.05, 0.1) is 17.9 Å². The molecule has 1 aliphatic carbocycles. The maximum absolute atomic E-state index is 13.4. The maximum atomic E-state index is 13.4. The summed E-state index contributed by atoms with van der Waals surface area (Å²) in [6.45, 7) is 0.304. The summed E-state index contributed by atoms with van der Waals surface area (Å²) >= 11 is 0. The van der Waals surface area contributed by atoms with Gasteiger partial charge in [0.1, 0.15) is 5.82 Å². The van der Waals surface area contributed by atoms with Crippen LogP contribution in [0.15, 0.2) is 53.5 Å². The van der Waals surface area contributed by atoms with Crippen LogP contribution in [0.5, 0.6) is 0 Å². The van der Waals surface area contributed by atoms with E-state index in [1.54, 1.807) is 0 Å². The third-order valence-electron chi connectivity index (χ3n) is 4.28. The molecule has 23 heavy (non-hydrogen) atoms. The number of nitrogens with zero attached hydrogens (tertiary/aromatic N) is 3. The Balaban J connectivity index is 1.78. The largest absolute Gasteiger partial charge is 0.307 e. The van der Waals surface area contributed by atoms with Crippen molar-refractivity contribution in [3.05, 3.63) is 81.8 Å². The minimum Gasteiger partial charge on any atom is -0.307 e. The van der Waals surface area contributed by atoms with Crippen LogP contribution in [0.3, 0.4) is 0 Å². The van der Waals surface area contributed by atoms with E-state index in [2.05, 4.69) is 0 Å². The van der Waals surface area contributed by atoms with E-state index in [9.17, 15) is 9.18 Å². The molecule has 3 aromatic rings. The lowest BCUT2D eigenvalue weighted by Gasteiger charge is -2.05. The van der Waals surface area contributed by atoms with Crippen molar-refractivity contribution in [2.45, 2.75) is 25.8 Å². The van der Waals surface area contributed by atoms with E-state index < -0.39 is 5.82 Å². The lowest BCUT2D eigenvalue weighted by Crippen LogP contribution is -2.20. The molecule has 0 saturated carbocycles. The zero-order valence-corrected chi connectivity index (χ0v) is 12.6. The van der Waals surface area contributed by atoms with Crippen LogP contribution in [-0.2, 0) is 19.4 Å². The van der Waals surface area contributed by atoms with Crippen LogP contribution in [0, 0.1) is 5.82 Å². The van der Waals surface area contributed by atoms with Gasteiger partial charge in [0.2, 0.25) is 0 Å². The first-order chi connectivity index (χ1) is 11.2. The highest BCUT2D eigenvalue weighted by molar-refractivity contribution is 5.40. The van der Waals surface area contributed by atoms with E-state index in [0.29, 0.717) is 6.54 Å². The van der Waals surface area contributed by atoms with Gasteiger partial charge in [-0.15, -0.1) is 0 Å². The van der Waals surface area contributed by atoms with Crippen molar-refractivity contribution in [2.24, 2.45) is 0 Å². The van der Waals surface area contributed by atoms with E-state index in [1.165, 1.54) is 34.2 Å². The lowest BCUT2D eigenvalue weighted by atomic mass is 10.2. The number of pyridine rings is 1. The van der Waals surface area contributed by atoms with Gasteiger partial charge in [-0.1, -0.05) is 18.2 Å². The number of halogens is 1. The highest BCUT2D eigenvalue weighted by Gasteiger charge is 2.23. The zero-order chi connectivity index (χ0) is 15.8. The van der Waals surface area contributed by atoms with Crippen LogP contribution in [0.4, 0.5) is 4.39 Å². The first-order valence-electron chi connectivity index (χ1n) is 7.73. The Morgan fingerprint density at radius 2 is 1.91 bits per heavy atom. The molecule has 0 bridgehead atoms. The lowest BCUT2D eigenvalue weighted by molar-refractivity contribution is 0.591. The number of hydrogen-bond acceptors (Lipinski definition) is 2. The van der Waals surface area contributed by atoms with Crippen LogP contribution in [0.2, 0.25) is 0 Å². The van der Waals surface area contributed by atoms with Gasteiger partial charge >= 0.3 is 0 Å². The molecule has 4 nitrogen and oxygen atoms in total. The van der Waals surface area contributed by atoms with Gasteiger partial charge in [-0.25, -0.2) is 9.07 Å². The smallest absolute Gasteiger partial charge is 0.251 e. The molecule has 0 aliphatic heterocycles. The fraction of sp³-hybridized carbons (Fsp3) is 0.222. The van der Waals surface area contributed by atoms with Gasteiger partial charge in [0, 0.05) is 18.0 Å². The molecule has 0 spiro atoms. The van der Waals surface area contributed by atoms with Crippen molar-refractivity contribution in [2.75, 3.05) is 0 Å². The number of aromatic nitrogens is 3. The number of fused-ring (bicyclic) bond motifs is 1. The molecular weight excluding hydrogens is 293 g/mol. The molecule has 1 aliphatic rings. The summed E-state index contributed by atoms with van der Waals surface area (Å²) in [6, 6.07) is 12.4. The SMILES string of the molecule is O=c1ccc(F)cn1Cc1nn(-c2ccccc2)c2c1CCC2. The quantitative estimate of drug-likeness (QED) is 0.746. The van der Waals surface area contributed by atoms with Crippen LogP contribution < -0.4 is 5.56 Å². The minimum atomic E-state index is -0.413. The number of para-hydroxylation sites is 1.